The van der Waals surface area contributed by atoms with Crippen molar-refractivity contribution in [2.75, 3.05) is 6.61 Å². The number of hydrogen-bond acceptors (Lipinski definition) is 6. The van der Waals surface area contributed by atoms with Crippen molar-refractivity contribution in [2.45, 2.75) is 19.4 Å². The number of carbonyl (C=O) groups is 2. The van der Waals surface area contributed by atoms with Crippen LogP contribution in [0, 0.1) is 0 Å². The first kappa shape index (κ1) is 18.4. The molecule has 3 rings (SSSR count). The van der Waals surface area contributed by atoms with E-state index in [0.717, 1.165) is 10.8 Å². The van der Waals surface area contributed by atoms with Gasteiger partial charge >= 0.3 is 5.91 Å². The molecule has 1 aromatic heterocycles. The van der Waals surface area contributed by atoms with Gasteiger partial charge in [-0.2, -0.15) is 0 Å². The zero-order valence-corrected chi connectivity index (χ0v) is 14.6. The summed E-state index contributed by atoms with van der Waals surface area (Å²) in [5.74, 6) is -1.11. The van der Waals surface area contributed by atoms with E-state index in [2.05, 4.69) is 10.5 Å². The Morgan fingerprint density at radius 2 is 1.93 bits per heavy atom. The van der Waals surface area contributed by atoms with Crippen molar-refractivity contribution >= 4 is 22.6 Å². The minimum absolute atomic E-state index is 0.0898. The molecular weight excluding hydrogens is 350 g/mol. The van der Waals surface area contributed by atoms with Crippen LogP contribution in [0.2, 0.25) is 0 Å². The fraction of sp³-hybridized carbons (Fsp3) is 0.211. The molecule has 0 aliphatic heterocycles. The third-order valence-corrected chi connectivity index (χ3v) is 4.09. The summed E-state index contributed by atoms with van der Waals surface area (Å²) >= 11 is 0. The molecule has 2 amide bonds. The molecule has 0 unspecified atom stereocenters. The third-order valence-electron chi connectivity index (χ3n) is 4.09. The maximum atomic E-state index is 12.5. The topological polar surface area (TPSA) is 114 Å². The largest absolute Gasteiger partial charge is 0.473 e. The predicted octanol–water partition coefficient (Wildman–Crippen LogP) is 2.53. The highest BCUT2D eigenvalue weighted by Gasteiger charge is 2.16. The highest BCUT2D eigenvalue weighted by Crippen LogP contribution is 2.16. The van der Waals surface area contributed by atoms with Crippen molar-refractivity contribution in [1.29, 1.82) is 0 Å². The van der Waals surface area contributed by atoms with Gasteiger partial charge in [0.05, 0.1) is 12.1 Å². The number of nitrogens with one attached hydrogen (secondary N) is 2. The number of carbonyl (C=O) groups excluding carboxylic acids is 2. The fourth-order valence-electron chi connectivity index (χ4n) is 2.54. The minimum atomic E-state index is -0.825. The zero-order chi connectivity index (χ0) is 19.2. The molecule has 0 saturated carbocycles. The second-order valence-corrected chi connectivity index (χ2v) is 5.92. The summed E-state index contributed by atoms with van der Waals surface area (Å²) in [6, 6.07) is 14.4. The number of rotatable bonds is 7. The van der Waals surface area contributed by atoms with E-state index in [0.29, 0.717) is 12.0 Å². The second-order valence-electron chi connectivity index (χ2n) is 5.92. The number of benzene rings is 2. The van der Waals surface area contributed by atoms with Gasteiger partial charge in [-0.1, -0.05) is 37.3 Å². The molecule has 8 nitrogen and oxygen atoms in total. The molecule has 0 bridgehead atoms. The van der Waals surface area contributed by atoms with Gasteiger partial charge in [0.15, 0.2) is 0 Å². The SMILES string of the molecule is CC[C@@H](COc1cc(C(=O)NO)on1)NC(=O)c1ccc2ccccc2c1. The van der Waals surface area contributed by atoms with Gasteiger partial charge < -0.3 is 14.6 Å². The van der Waals surface area contributed by atoms with E-state index in [-0.39, 0.29) is 30.2 Å². The predicted molar refractivity (Wildman–Crippen MR) is 96.7 cm³/mol. The van der Waals surface area contributed by atoms with Gasteiger partial charge in [0, 0.05) is 5.56 Å². The lowest BCUT2D eigenvalue weighted by molar-refractivity contribution is 0.0666. The maximum Gasteiger partial charge on any atom is 0.313 e. The molecule has 0 fully saturated rings. The van der Waals surface area contributed by atoms with Gasteiger partial charge in [0.2, 0.25) is 5.76 Å². The Hall–Kier alpha value is -3.39. The molecule has 27 heavy (non-hydrogen) atoms. The first-order valence-corrected chi connectivity index (χ1v) is 8.44. The lowest BCUT2D eigenvalue weighted by Gasteiger charge is -2.17. The molecule has 0 aliphatic rings. The smallest absolute Gasteiger partial charge is 0.313 e. The first-order valence-electron chi connectivity index (χ1n) is 8.44. The van der Waals surface area contributed by atoms with Crippen molar-refractivity contribution in [1.82, 2.24) is 16.0 Å². The second kappa shape index (κ2) is 8.33. The average molecular weight is 369 g/mol. The molecule has 0 saturated heterocycles. The molecule has 1 atom stereocenters. The average Bonchev–Trinajstić information content (AvgIpc) is 3.19. The van der Waals surface area contributed by atoms with Crippen LogP contribution in [0.3, 0.4) is 0 Å². The highest BCUT2D eigenvalue weighted by molar-refractivity contribution is 5.98. The van der Waals surface area contributed by atoms with Crippen LogP contribution in [0.5, 0.6) is 5.88 Å². The van der Waals surface area contributed by atoms with Crippen molar-refractivity contribution < 1.29 is 24.1 Å². The molecule has 140 valence electrons. The van der Waals surface area contributed by atoms with Gasteiger partial charge in [-0.05, 0) is 34.5 Å². The van der Waals surface area contributed by atoms with Gasteiger partial charge in [-0.25, -0.2) is 5.48 Å². The normalized spacial score (nSPS) is 11.8. The van der Waals surface area contributed by atoms with E-state index in [1.807, 2.05) is 43.3 Å². The Morgan fingerprint density at radius 1 is 1.15 bits per heavy atom. The Labute approximate surface area is 155 Å². The highest BCUT2D eigenvalue weighted by atomic mass is 16.5. The Balaban J connectivity index is 1.61. The summed E-state index contributed by atoms with van der Waals surface area (Å²) in [6.07, 6.45) is 0.640. The molecule has 2 aromatic carbocycles. The zero-order valence-electron chi connectivity index (χ0n) is 14.6. The molecule has 1 heterocycles. The fourth-order valence-corrected chi connectivity index (χ4v) is 2.54. The van der Waals surface area contributed by atoms with Crippen LogP contribution in [0.25, 0.3) is 10.8 Å². The Kier molecular flexibility index (Phi) is 5.68. The van der Waals surface area contributed by atoms with E-state index in [1.54, 1.807) is 6.07 Å². The molecule has 8 heteroatoms. The van der Waals surface area contributed by atoms with E-state index in [4.69, 9.17) is 14.5 Å². The Morgan fingerprint density at radius 3 is 2.67 bits per heavy atom. The number of fused-ring (bicyclic) bond motifs is 1. The van der Waals surface area contributed by atoms with Crippen LogP contribution in [0.4, 0.5) is 0 Å². The number of amides is 2. The first-order chi connectivity index (χ1) is 13.1. The number of aromatic nitrogens is 1. The number of hydroxylamine groups is 1. The van der Waals surface area contributed by atoms with Crippen molar-refractivity contribution in [2.24, 2.45) is 0 Å². The van der Waals surface area contributed by atoms with Crippen molar-refractivity contribution in [3.63, 3.8) is 0 Å². The van der Waals surface area contributed by atoms with E-state index in [1.165, 1.54) is 11.5 Å². The van der Waals surface area contributed by atoms with Crippen LogP contribution in [0.1, 0.15) is 34.3 Å². The van der Waals surface area contributed by atoms with Gasteiger partial charge in [0.25, 0.3) is 11.8 Å². The quantitative estimate of drug-likeness (QED) is 0.436. The molecule has 0 spiro atoms. The van der Waals surface area contributed by atoms with Crippen LogP contribution < -0.4 is 15.5 Å². The van der Waals surface area contributed by atoms with Crippen LogP contribution in [-0.4, -0.2) is 34.8 Å². The summed E-state index contributed by atoms with van der Waals surface area (Å²) in [5.41, 5.74) is 2.01. The van der Waals surface area contributed by atoms with Crippen molar-refractivity contribution in [3.05, 3.63) is 59.9 Å². The van der Waals surface area contributed by atoms with Crippen molar-refractivity contribution in [3.8, 4) is 5.88 Å². The summed E-state index contributed by atoms with van der Waals surface area (Å²) in [7, 11) is 0. The molecule has 0 radical (unpaired) electrons. The lowest BCUT2D eigenvalue weighted by Crippen LogP contribution is -2.38. The summed E-state index contributed by atoms with van der Waals surface area (Å²) in [6.45, 7) is 2.07. The number of hydrogen-bond donors (Lipinski definition) is 3. The lowest BCUT2D eigenvalue weighted by atomic mass is 10.1. The van der Waals surface area contributed by atoms with Crippen LogP contribution in [0.15, 0.2) is 53.1 Å². The Bertz CT molecular complexity index is 953. The maximum absolute atomic E-state index is 12.5. The number of nitrogens with zero attached hydrogens (tertiary/aromatic N) is 1. The molecular formula is C19H19N3O5. The summed E-state index contributed by atoms with van der Waals surface area (Å²) < 4.78 is 10.2. The van der Waals surface area contributed by atoms with Gasteiger partial charge in [-0.3, -0.25) is 14.8 Å². The summed E-state index contributed by atoms with van der Waals surface area (Å²) in [5, 5.41) is 17.1. The van der Waals surface area contributed by atoms with Gasteiger partial charge in [0.1, 0.15) is 6.61 Å². The molecule has 0 aliphatic carbocycles. The number of ether oxygens (including phenoxy) is 1. The van der Waals surface area contributed by atoms with Crippen LogP contribution in [-0.2, 0) is 0 Å². The molecule has 3 aromatic rings. The third kappa shape index (κ3) is 4.42. The molecule has 3 N–H and O–H groups in total. The van der Waals surface area contributed by atoms with E-state index in [9.17, 15) is 9.59 Å². The van der Waals surface area contributed by atoms with Crippen LogP contribution >= 0.6 is 0 Å². The van der Waals surface area contributed by atoms with E-state index < -0.39 is 5.91 Å². The summed E-state index contributed by atoms with van der Waals surface area (Å²) in [4.78, 5) is 23.7. The minimum Gasteiger partial charge on any atom is -0.473 e. The van der Waals surface area contributed by atoms with Gasteiger partial charge in [-0.15, -0.1) is 0 Å². The standard InChI is InChI=1S/C19H19N3O5/c1-2-15(11-26-17-10-16(27-22-17)19(24)21-25)20-18(23)14-8-7-12-5-3-4-6-13(12)9-14/h3-10,15,25H,2,11H2,1H3,(H,20,23)(H,21,24)/t15-/m0/s1. The van der Waals surface area contributed by atoms with E-state index >= 15 is 0 Å². The monoisotopic (exact) mass is 369 g/mol.